The predicted octanol–water partition coefficient (Wildman–Crippen LogP) is 2.49. The number of nitrogens with zero attached hydrogens (tertiary/aromatic N) is 1. The van der Waals surface area contributed by atoms with Crippen LogP contribution >= 0.6 is 23.2 Å². The van der Waals surface area contributed by atoms with Gasteiger partial charge in [0.2, 0.25) is 5.91 Å². The third kappa shape index (κ3) is 3.87. The zero-order valence-corrected chi connectivity index (χ0v) is 12.6. The van der Waals surface area contributed by atoms with E-state index in [0.29, 0.717) is 15.7 Å². The minimum Gasteiger partial charge on any atom is -0.478 e. The molecular weight excluding hydrogens is 331 g/mol. The maximum Gasteiger partial charge on any atom is 0.337 e. The van der Waals surface area contributed by atoms with E-state index in [1.807, 2.05) is 0 Å². The maximum atomic E-state index is 12.0. The first-order valence-corrected chi connectivity index (χ1v) is 6.81. The molecule has 114 valence electrons. The lowest BCUT2D eigenvalue weighted by atomic mass is 10.3. The van der Waals surface area contributed by atoms with Gasteiger partial charge in [-0.25, -0.2) is 4.79 Å². The summed E-state index contributed by atoms with van der Waals surface area (Å²) in [6.07, 6.45) is 1.10. The van der Waals surface area contributed by atoms with Gasteiger partial charge >= 0.3 is 5.97 Å². The molecule has 0 aliphatic heterocycles. The number of carbonyl (C=O) groups is 2. The van der Waals surface area contributed by atoms with E-state index in [1.54, 1.807) is 6.07 Å². The number of carboxylic acid groups (broad SMARTS) is 1. The SMILES string of the molecule is O=C(Cn1cc(C(=O)O)ccc1=O)Nc1cc(Cl)ccc1Cl. The van der Waals surface area contributed by atoms with Gasteiger partial charge < -0.3 is 15.0 Å². The molecule has 2 aromatic rings. The second kappa shape index (κ2) is 6.64. The van der Waals surface area contributed by atoms with Gasteiger partial charge in [0.25, 0.3) is 5.56 Å². The van der Waals surface area contributed by atoms with E-state index in [9.17, 15) is 14.4 Å². The number of amides is 1. The Morgan fingerprint density at radius 3 is 2.59 bits per heavy atom. The Morgan fingerprint density at radius 1 is 1.18 bits per heavy atom. The van der Waals surface area contributed by atoms with Gasteiger partial charge in [0.05, 0.1) is 16.3 Å². The molecule has 1 aromatic heterocycles. The molecule has 0 radical (unpaired) electrons. The molecular formula is C14H10Cl2N2O4. The average molecular weight is 341 g/mol. The molecule has 1 amide bonds. The highest BCUT2D eigenvalue weighted by Gasteiger charge is 2.10. The molecule has 0 unspecified atom stereocenters. The van der Waals surface area contributed by atoms with Gasteiger partial charge in [-0.3, -0.25) is 9.59 Å². The van der Waals surface area contributed by atoms with Gasteiger partial charge in [-0.05, 0) is 24.3 Å². The number of aromatic carboxylic acids is 1. The molecule has 1 aromatic carbocycles. The van der Waals surface area contributed by atoms with Crippen molar-refractivity contribution in [2.24, 2.45) is 0 Å². The molecule has 0 aliphatic rings. The minimum absolute atomic E-state index is 0.0896. The molecule has 0 atom stereocenters. The molecule has 0 saturated carbocycles. The van der Waals surface area contributed by atoms with Gasteiger partial charge in [0, 0.05) is 17.3 Å². The summed E-state index contributed by atoms with van der Waals surface area (Å²) >= 11 is 11.7. The van der Waals surface area contributed by atoms with Crippen molar-refractivity contribution in [3.05, 3.63) is 62.5 Å². The molecule has 0 aliphatic carbocycles. The molecule has 1 heterocycles. The molecule has 6 nitrogen and oxygen atoms in total. The van der Waals surface area contributed by atoms with E-state index >= 15 is 0 Å². The highest BCUT2D eigenvalue weighted by molar-refractivity contribution is 6.35. The van der Waals surface area contributed by atoms with Crippen LogP contribution < -0.4 is 10.9 Å². The molecule has 0 saturated heterocycles. The molecule has 8 heteroatoms. The van der Waals surface area contributed by atoms with Crippen LogP contribution in [0.3, 0.4) is 0 Å². The normalized spacial score (nSPS) is 10.3. The fraction of sp³-hybridized carbons (Fsp3) is 0.0714. The van der Waals surface area contributed by atoms with Crippen LogP contribution in [-0.4, -0.2) is 21.6 Å². The summed E-state index contributed by atoms with van der Waals surface area (Å²) in [5, 5.41) is 12.1. The number of nitrogens with one attached hydrogen (secondary N) is 1. The molecule has 22 heavy (non-hydrogen) atoms. The lowest BCUT2D eigenvalue weighted by Crippen LogP contribution is -2.27. The van der Waals surface area contributed by atoms with Crippen molar-refractivity contribution in [1.29, 1.82) is 0 Å². The molecule has 2 N–H and O–H groups in total. The Labute approximate surface area is 134 Å². The van der Waals surface area contributed by atoms with Gasteiger partial charge in [-0.15, -0.1) is 0 Å². The summed E-state index contributed by atoms with van der Waals surface area (Å²) in [7, 11) is 0. The fourth-order valence-corrected chi connectivity index (χ4v) is 2.06. The van der Waals surface area contributed by atoms with E-state index in [2.05, 4.69) is 5.32 Å². The molecule has 2 rings (SSSR count). The Morgan fingerprint density at radius 2 is 1.91 bits per heavy atom. The average Bonchev–Trinajstić information content (AvgIpc) is 2.45. The first-order valence-electron chi connectivity index (χ1n) is 6.05. The van der Waals surface area contributed by atoms with Crippen molar-refractivity contribution in [2.75, 3.05) is 5.32 Å². The van der Waals surface area contributed by atoms with Gasteiger partial charge in [-0.2, -0.15) is 0 Å². The smallest absolute Gasteiger partial charge is 0.337 e. The van der Waals surface area contributed by atoms with Crippen LogP contribution in [0.4, 0.5) is 5.69 Å². The highest BCUT2D eigenvalue weighted by atomic mass is 35.5. The monoisotopic (exact) mass is 340 g/mol. The summed E-state index contributed by atoms with van der Waals surface area (Å²) < 4.78 is 0.997. The van der Waals surface area contributed by atoms with Crippen LogP contribution in [0.2, 0.25) is 10.0 Å². The summed E-state index contributed by atoms with van der Waals surface area (Å²) in [6, 6.07) is 6.82. The number of hydrogen-bond donors (Lipinski definition) is 2. The van der Waals surface area contributed by atoms with Crippen LogP contribution in [-0.2, 0) is 11.3 Å². The standard InChI is InChI=1S/C14H10Cl2N2O4/c15-9-2-3-10(16)11(5-9)17-12(19)7-18-6-8(14(21)22)1-4-13(18)20/h1-6H,7H2,(H,17,19)(H,21,22). The summed E-state index contributed by atoms with van der Waals surface area (Å²) in [4.78, 5) is 34.5. The second-order valence-electron chi connectivity index (χ2n) is 4.36. The topological polar surface area (TPSA) is 88.4 Å². The summed E-state index contributed by atoms with van der Waals surface area (Å²) in [6.45, 7) is -0.344. The van der Waals surface area contributed by atoms with Crippen molar-refractivity contribution in [1.82, 2.24) is 4.57 Å². The number of halogens is 2. The van der Waals surface area contributed by atoms with Crippen molar-refractivity contribution >= 4 is 40.8 Å². The van der Waals surface area contributed by atoms with Crippen molar-refractivity contribution < 1.29 is 14.7 Å². The van der Waals surface area contributed by atoms with E-state index in [4.69, 9.17) is 28.3 Å². The number of aromatic nitrogens is 1. The van der Waals surface area contributed by atoms with Crippen LogP contribution in [0.15, 0.2) is 41.3 Å². The Kier molecular flexibility index (Phi) is 4.85. The van der Waals surface area contributed by atoms with Crippen molar-refractivity contribution in [3.63, 3.8) is 0 Å². The van der Waals surface area contributed by atoms with Crippen LogP contribution in [0, 0.1) is 0 Å². The molecule has 0 fully saturated rings. The third-order valence-corrected chi connectivity index (χ3v) is 3.31. The zero-order chi connectivity index (χ0) is 16.3. The second-order valence-corrected chi connectivity index (χ2v) is 5.21. The first-order chi connectivity index (χ1) is 10.4. The minimum atomic E-state index is -1.19. The highest BCUT2D eigenvalue weighted by Crippen LogP contribution is 2.25. The van der Waals surface area contributed by atoms with Crippen molar-refractivity contribution in [2.45, 2.75) is 6.54 Å². The number of hydrogen-bond acceptors (Lipinski definition) is 3. The number of rotatable bonds is 4. The number of benzene rings is 1. The van der Waals surface area contributed by atoms with Gasteiger partial charge in [-0.1, -0.05) is 23.2 Å². The Hall–Kier alpha value is -2.31. The zero-order valence-electron chi connectivity index (χ0n) is 11.0. The Bertz CT molecular complexity index is 802. The maximum absolute atomic E-state index is 12.0. The van der Waals surface area contributed by atoms with Gasteiger partial charge in [0.15, 0.2) is 0 Å². The van der Waals surface area contributed by atoms with Crippen LogP contribution in [0.1, 0.15) is 10.4 Å². The third-order valence-electron chi connectivity index (χ3n) is 2.75. The van der Waals surface area contributed by atoms with Crippen molar-refractivity contribution in [3.8, 4) is 0 Å². The van der Waals surface area contributed by atoms with E-state index in [-0.39, 0.29) is 12.1 Å². The van der Waals surface area contributed by atoms with E-state index in [0.717, 1.165) is 16.8 Å². The lowest BCUT2D eigenvalue weighted by Gasteiger charge is -2.09. The van der Waals surface area contributed by atoms with Crippen LogP contribution in [0.5, 0.6) is 0 Å². The molecule has 0 bridgehead atoms. The lowest BCUT2D eigenvalue weighted by molar-refractivity contribution is -0.116. The molecule has 0 spiro atoms. The Balaban J connectivity index is 2.19. The number of anilines is 1. The largest absolute Gasteiger partial charge is 0.478 e. The fourth-order valence-electron chi connectivity index (χ4n) is 1.72. The predicted molar refractivity (Wildman–Crippen MR) is 82.8 cm³/mol. The van der Waals surface area contributed by atoms with E-state index < -0.39 is 17.4 Å². The first kappa shape index (κ1) is 16.1. The van der Waals surface area contributed by atoms with Crippen LogP contribution in [0.25, 0.3) is 0 Å². The number of pyridine rings is 1. The number of carboxylic acids is 1. The summed E-state index contributed by atoms with van der Waals surface area (Å²) in [5.74, 6) is -1.72. The van der Waals surface area contributed by atoms with E-state index in [1.165, 1.54) is 18.2 Å². The summed E-state index contributed by atoms with van der Waals surface area (Å²) in [5.41, 5.74) is -0.271. The quantitative estimate of drug-likeness (QED) is 0.894. The number of carbonyl (C=O) groups excluding carboxylic acids is 1. The van der Waals surface area contributed by atoms with Gasteiger partial charge in [0.1, 0.15) is 6.54 Å².